The van der Waals surface area contributed by atoms with Gasteiger partial charge in [-0.2, -0.15) is 0 Å². The normalized spacial score (nSPS) is 35.7. The first-order valence-corrected chi connectivity index (χ1v) is 21.5. The standard InChI is InChI=1S/C44H80O3/c1-7-8-9-10-11-12-13-14-15-16-17-18-19-20-24-42(46)47-41-32-36(45)31-35-25-26-37-39-28-27-38(34(4)23-21-22-33(2)3)43(39,5)30-29-40(37)44(35,41)6/h33-41,45H,7-32H2,1-6H3/t34-,35-,36+,37-,38-,39+,40+,41?,43-,44+/m1/s1. The van der Waals surface area contributed by atoms with E-state index in [0.717, 1.165) is 48.9 Å². The molecule has 4 aliphatic carbocycles. The van der Waals surface area contributed by atoms with Crippen LogP contribution in [0.4, 0.5) is 0 Å². The first-order valence-electron chi connectivity index (χ1n) is 21.5. The Morgan fingerprint density at radius 2 is 1.34 bits per heavy atom. The molecule has 0 radical (unpaired) electrons. The molecule has 0 saturated heterocycles. The first-order chi connectivity index (χ1) is 22.6. The van der Waals surface area contributed by atoms with Crippen LogP contribution in [0.15, 0.2) is 0 Å². The van der Waals surface area contributed by atoms with Gasteiger partial charge in [0.1, 0.15) is 6.10 Å². The Hall–Kier alpha value is -0.570. The van der Waals surface area contributed by atoms with E-state index in [9.17, 15) is 9.90 Å². The van der Waals surface area contributed by atoms with E-state index in [4.69, 9.17) is 4.74 Å². The lowest BCUT2D eigenvalue weighted by atomic mass is 9.43. The van der Waals surface area contributed by atoms with Gasteiger partial charge in [0.05, 0.1) is 6.10 Å². The number of aliphatic hydroxyl groups excluding tert-OH is 1. The van der Waals surface area contributed by atoms with Crippen LogP contribution in [0.3, 0.4) is 0 Å². The van der Waals surface area contributed by atoms with Crippen molar-refractivity contribution < 1.29 is 14.6 Å². The molecule has 4 aliphatic rings. The molecule has 3 heteroatoms. The van der Waals surface area contributed by atoms with E-state index in [1.54, 1.807) is 0 Å². The monoisotopic (exact) mass is 657 g/mol. The fourth-order valence-corrected chi connectivity index (χ4v) is 12.1. The summed E-state index contributed by atoms with van der Waals surface area (Å²) in [6.07, 6.45) is 32.5. The van der Waals surface area contributed by atoms with Gasteiger partial charge in [-0.25, -0.2) is 0 Å². The van der Waals surface area contributed by atoms with E-state index in [2.05, 4.69) is 41.5 Å². The summed E-state index contributed by atoms with van der Waals surface area (Å²) in [5, 5.41) is 11.0. The van der Waals surface area contributed by atoms with Crippen molar-refractivity contribution in [1.82, 2.24) is 0 Å². The molecule has 1 unspecified atom stereocenters. The third kappa shape index (κ3) is 10.3. The van der Waals surface area contributed by atoms with E-state index >= 15 is 0 Å². The second-order valence-corrected chi connectivity index (χ2v) is 18.5. The molecule has 0 aromatic carbocycles. The number of esters is 1. The summed E-state index contributed by atoms with van der Waals surface area (Å²) in [5.74, 6) is 5.25. The minimum atomic E-state index is -0.320. The van der Waals surface area contributed by atoms with Gasteiger partial charge in [0.2, 0.25) is 0 Å². The third-order valence-electron chi connectivity index (χ3n) is 14.9. The van der Waals surface area contributed by atoms with Crippen molar-refractivity contribution >= 4 is 5.97 Å². The Bertz CT molecular complexity index is 899. The Labute approximate surface area is 292 Å². The maximum atomic E-state index is 13.3. The smallest absolute Gasteiger partial charge is 0.306 e. The molecule has 0 aromatic rings. The summed E-state index contributed by atoms with van der Waals surface area (Å²) in [4.78, 5) is 13.3. The molecule has 3 nitrogen and oxygen atoms in total. The molecule has 47 heavy (non-hydrogen) atoms. The largest absolute Gasteiger partial charge is 0.462 e. The quantitative estimate of drug-likeness (QED) is 0.0987. The average molecular weight is 657 g/mol. The number of unbranched alkanes of at least 4 members (excludes halogenated alkanes) is 13. The van der Waals surface area contributed by atoms with Gasteiger partial charge in [0.15, 0.2) is 0 Å². The maximum Gasteiger partial charge on any atom is 0.306 e. The number of fused-ring (bicyclic) bond motifs is 5. The van der Waals surface area contributed by atoms with E-state index in [-0.39, 0.29) is 23.6 Å². The van der Waals surface area contributed by atoms with Crippen LogP contribution in [-0.2, 0) is 9.53 Å². The molecule has 0 aromatic heterocycles. The van der Waals surface area contributed by atoms with Crippen molar-refractivity contribution in [2.75, 3.05) is 0 Å². The van der Waals surface area contributed by atoms with Crippen molar-refractivity contribution in [3.05, 3.63) is 0 Å². The highest BCUT2D eigenvalue weighted by atomic mass is 16.5. The third-order valence-corrected chi connectivity index (χ3v) is 14.9. The summed E-state index contributed by atoms with van der Waals surface area (Å²) in [5.41, 5.74) is 0.505. The predicted molar refractivity (Wildman–Crippen MR) is 199 cm³/mol. The number of rotatable bonds is 21. The highest BCUT2D eigenvalue weighted by Gasteiger charge is 2.63. The Kier molecular flexibility index (Phi) is 16.0. The molecule has 1 N–H and O–H groups in total. The van der Waals surface area contributed by atoms with E-state index < -0.39 is 0 Å². The van der Waals surface area contributed by atoms with Gasteiger partial charge in [-0.05, 0) is 98.2 Å². The zero-order chi connectivity index (χ0) is 33.9. The number of carbonyl (C=O) groups is 1. The van der Waals surface area contributed by atoms with Crippen LogP contribution in [0.2, 0.25) is 0 Å². The number of hydrogen-bond donors (Lipinski definition) is 1. The molecule has 0 spiro atoms. The zero-order valence-corrected chi connectivity index (χ0v) is 32.3. The lowest BCUT2D eigenvalue weighted by molar-refractivity contribution is -0.203. The summed E-state index contributed by atoms with van der Waals surface area (Å²) in [6.45, 7) is 14.8. The summed E-state index contributed by atoms with van der Waals surface area (Å²) < 4.78 is 6.46. The number of carbonyl (C=O) groups excluding carboxylic acids is 1. The molecule has 0 bridgehead atoms. The number of aliphatic hydroxyl groups is 1. The lowest BCUT2D eigenvalue weighted by Crippen LogP contribution is -2.60. The number of ether oxygens (including phenoxy) is 1. The van der Waals surface area contributed by atoms with Gasteiger partial charge in [0.25, 0.3) is 0 Å². The van der Waals surface area contributed by atoms with E-state index in [0.29, 0.717) is 30.1 Å². The van der Waals surface area contributed by atoms with Crippen molar-refractivity contribution in [2.45, 2.75) is 221 Å². The van der Waals surface area contributed by atoms with Gasteiger partial charge in [-0.15, -0.1) is 0 Å². The van der Waals surface area contributed by atoms with E-state index in [1.807, 2.05) is 0 Å². The van der Waals surface area contributed by atoms with Gasteiger partial charge in [-0.3, -0.25) is 4.79 Å². The zero-order valence-electron chi connectivity index (χ0n) is 32.3. The lowest BCUT2D eigenvalue weighted by Gasteiger charge is -2.62. The van der Waals surface area contributed by atoms with Gasteiger partial charge >= 0.3 is 5.97 Å². The van der Waals surface area contributed by atoms with Crippen LogP contribution in [-0.4, -0.2) is 23.3 Å². The Morgan fingerprint density at radius 1 is 0.723 bits per heavy atom. The van der Waals surface area contributed by atoms with Gasteiger partial charge in [-0.1, -0.05) is 144 Å². The van der Waals surface area contributed by atoms with Crippen LogP contribution >= 0.6 is 0 Å². The predicted octanol–water partition coefficient (Wildman–Crippen LogP) is 12.9. The second-order valence-electron chi connectivity index (χ2n) is 18.5. The van der Waals surface area contributed by atoms with Crippen LogP contribution in [0.25, 0.3) is 0 Å². The van der Waals surface area contributed by atoms with E-state index in [1.165, 1.54) is 135 Å². The summed E-state index contributed by atoms with van der Waals surface area (Å²) in [7, 11) is 0. The topological polar surface area (TPSA) is 46.5 Å². The van der Waals surface area contributed by atoms with Crippen molar-refractivity contribution in [3.8, 4) is 0 Å². The maximum absolute atomic E-state index is 13.3. The minimum Gasteiger partial charge on any atom is -0.462 e. The van der Waals surface area contributed by atoms with Crippen LogP contribution in [0.1, 0.15) is 208 Å². The molecular weight excluding hydrogens is 576 g/mol. The minimum absolute atomic E-state index is 0.00179. The Balaban J connectivity index is 1.21. The van der Waals surface area contributed by atoms with Crippen molar-refractivity contribution in [2.24, 2.45) is 52.3 Å². The highest BCUT2D eigenvalue weighted by molar-refractivity contribution is 5.69. The molecule has 0 amide bonds. The van der Waals surface area contributed by atoms with Gasteiger partial charge < -0.3 is 9.84 Å². The number of hydrogen-bond acceptors (Lipinski definition) is 3. The molecule has 10 atom stereocenters. The van der Waals surface area contributed by atoms with Crippen LogP contribution in [0, 0.1) is 52.3 Å². The fourth-order valence-electron chi connectivity index (χ4n) is 12.1. The second kappa shape index (κ2) is 19.2. The first kappa shape index (κ1) is 39.2. The van der Waals surface area contributed by atoms with Crippen LogP contribution < -0.4 is 0 Å². The van der Waals surface area contributed by atoms with Gasteiger partial charge in [0, 0.05) is 18.3 Å². The average Bonchev–Trinajstić information content (AvgIpc) is 3.39. The molecule has 0 heterocycles. The van der Waals surface area contributed by atoms with Crippen LogP contribution in [0.5, 0.6) is 0 Å². The molecule has 4 saturated carbocycles. The summed E-state index contributed by atoms with van der Waals surface area (Å²) in [6, 6.07) is 0. The van der Waals surface area contributed by atoms with Crippen molar-refractivity contribution in [3.63, 3.8) is 0 Å². The van der Waals surface area contributed by atoms with Crippen molar-refractivity contribution in [1.29, 1.82) is 0 Å². The highest BCUT2D eigenvalue weighted by Crippen LogP contribution is 2.68. The molecule has 4 rings (SSSR count). The molecule has 274 valence electrons. The molecular formula is C44H80O3. The fraction of sp³-hybridized carbons (Fsp3) is 0.977. The molecule has 4 fully saturated rings. The molecule has 0 aliphatic heterocycles. The summed E-state index contributed by atoms with van der Waals surface area (Å²) >= 11 is 0. The Morgan fingerprint density at radius 3 is 1.96 bits per heavy atom. The SMILES string of the molecule is CCCCCCCCCCCCCCCCC(=O)OC1C[C@@H](O)C[C@H]2CC[C@@H]3[C@@H]4CC[C@H]([C@H](C)CCCC(C)C)[C@@]4(C)CC[C@@H]3[C@@]12C.